The van der Waals surface area contributed by atoms with Crippen LogP contribution in [0.25, 0.3) is 11.0 Å². The van der Waals surface area contributed by atoms with Crippen molar-refractivity contribution in [2.24, 2.45) is 0 Å². The van der Waals surface area contributed by atoms with Gasteiger partial charge in [-0.1, -0.05) is 31.0 Å². The molecular formula is C24H28N2O5S. The summed E-state index contributed by atoms with van der Waals surface area (Å²) in [5.74, 6) is -0.681. The Morgan fingerprint density at radius 3 is 2.53 bits per heavy atom. The lowest BCUT2D eigenvalue weighted by Crippen LogP contribution is -2.45. The first kappa shape index (κ1) is 22.3. The van der Waals surface area contributed by atoms with Crippen molar-refractivity contribution in [3.05, 3.63) is 64.1 Å². The summed E-state index contributed by atoms with van der Waals surface area (Å²) in [4.78, 5) is 28.3. The van der Waals surface area contributed by atoms with E-state index in [1.54, 1.807) is 22.8 Å². The molecule has 1 aliphatic carbocycles. The number of nitrogens with zero attached hydrogens (tertiary/aromatic N) is 1. The van der Waals surface area contributed by atoms with Gasteiger partial charge in [-0.25, -0.2) is 13.2 Å². The maximum atomic E-state index is 13.5. The maximum Gasteiger partial charge on any atom is 0.327 e. The van der Waals surface area contributed by atoms with Gasteiger partial charge in [-0.15, -0.1) is 0 Å². The van der Waals surface area contributed by atoms with Crippen LogP contribution in [0.1, 0.15) is 43.2 Å². The largest absolute Gasteiger partial charge is 0.464 e. The second kappa shape index (κ2) is 8.58. The van der Waals surface area contributed by atoms with E-state index in [-0.39, 0.29) is 30.0 Å². The molecule has 1 fully saturated rings. The van der Waals surface area contributed by atoms with Gasteiger partial charge in [0.2, 0.25) is 0 Å². The summed E-state index contributed by atoms with van der Waals surface area (Å²) in [5, 5.41) is 0. The number of nitrogens with one attached hydrogen (secondary N) is 1. The predicted molar refractivity (Wildman–Crippen MR) is 122 cm³/mol. The first-order chi connectivity index (χ1) is 15.3. The molecule has 3 aromatic rings. The number of aryl methyl sites for hydroxylation is 3. The van der Waals surface area contributed by atoms with Crippen LogP contribution >= 0.6 is 0 Å². The minimum Gasteiger partial charge on any atom is -0.464 e. The molecule has 0 amide bonds. The molecule has 0 spiro atoms. The second-order valence-corrected chi connectivity index (χ2v) is 10.8. The van der Waals surface area contributed by atoms with Crippen LogP contribution < -0.4 is 5.69 Å². The number of carbonyl (C=O) groups excluding carboxylic acids is 1. The number of carbonyl (C=O) groups is 1. The van der Waals surface area contributed by atoms with Gasteiger partial charge in [0.1, 0.15) is 0 Å². The van der Waals surface area contributed by atoms with E-state index in [0.717, 1.165) is 22.2 Å². The van der Waals surface area contributed by atoms with Crippen LogP contribution in [-0.2, 0) is 25.9 Å². The maximum absolute atomic E-state index is 13.5. The van der Waals surface area contributed by atoms with Crippen LogP contribution in [0, 0.1) is 13.8 Å². The summed E-state index contributed by atoms with van der Waals surface area (Å²) in [6, 6.07) is 12.4. The van der Waals surface area contributed by atoms with Crippen molar-refractivity contribution >= 4 is 26.8 Å². The molecule has 1 aromatic heterocycles. The molecule has 0 unspecified atom stereocenters. The zero-order chi connectivity index (χ0) is 22.9. The minimum atomic E-state index is -3.89. The van der Waals surface area contributed by atoms with E-state index < -0.39 is 20.6 Å². The number of esters is 1. The van der Waals surface area contributed by atoms with Crippen molar-refractivity contribution in [1.82, 2.24) is 9.55 Å². The summed E-state index contributed by atoms with van der Waals surface area (Å²) < 4.78 is 32.6. The Kier molecular flexibility index (Phi) is 5.99. The molecule has 4 rings (SSSR count). The standard InChI is InChI=1S/C24H28N2O5S/c1-17-10-11-19(16-18(17)2)32(29,30)24(12-5-6-13-24)22(27)31-15-7-14-26-21-9-4-3-8-20(21)25-23(26)28/h3-4,8-11,16H,5-7,12-15H2,1-2H3,(H,25,28). The molecule has 1 aliphatic rings. The van der Waals surface area contributed by atoms with E-state index in [9.17, 15) is 18.0 Å². The molecule has 1 N–H and O–H groups in total. The van der Waals surface area contributed by atoms with Crippen LogP contribution in [0.4, 0.5) is 0 Å². The van der Waals surface area contributed by atoms with Gasteiger partial charge in [0.05, 0.1) is 22.5 Å². The Hall–Kier alpha value is -2.87. The minimum absolute atomic E-state index is 0.0506. The number of para-hydroxylation sites is 2. The van der Waals surface area contributed by atoms with Crippen molar-refractivity contribution < 1.29 is 17.9 Å². The third kappa shape index (κ3) is 3.77. The monoisotopic (exact) mass is 456 g/mol. The topological polar surface area (TPSA) is 98.2 Å². The molecule has 0 radical (unpaired) electrons. The number of fused-ring (bicyclic) bond motifs is 1. The number of aromatic nitrogens is 2. The molecule has 8 heteroatoms. The normalized spacial score (nSPS) is 15.8. The van der Waals surface area contributed by atoms with E-state index in [0.29, 0.717) is 25.8 Å². The average Bonchev–Trinajstić information content (AvgIpc) is 3.39. The van der Waals surface area contributed by atoms with E-state index in [2.05, 4.69) is 4.98 Å². The molecule has 7 nitrogen and oxygen atoms in total. The Labute approximate surface area is 187 Å². The number of hydrogen-bond acceptors (Lipinski definition) is 5. The Morgan fingerprint density at radius 1 is 1.09 bits per heavy atom. The van der Waals surface area contributed by atoms with Crippen LogP contribution in [0.15, 0.2) is 52.2 Å². The zero-order valence-electron chi connectivity index (χ0n) is 18.4. The molecule has 1 heterocycles. The van der Waals surface area contributed by atoms with E-state index in [1.165, 1.54) is 0 Å². The molecular weight excluding hydrogens is 428 g/mol. The van der Waals surface area contributed by atoms with Crippen LogP contribution in [0.5, 0.6) is 0 Å². The number of aromatic amines is 1. The van der Waals surface area contributed by atoms with Crippen molar-refractivity contribution in [3.8, 4) is 0 Å². The second-order valence-electron chi connectivity index (χ2n) is 8.54. The molecule has 0 atom stereocenters. The highest BCUT2D eigenvalue weighted by atomic mass is 32.2. The fourth-order valence-corrected chi connectivity index (χ4v) is 6.62. The van der Waals surface area contributed by atoms with Crippen molar-refractivity contribution in [3.63, 3.8) is 0 Å². The van der Waals surface area contributed by atoms with Crippen LogP contribution in [0.2, 0.25) is 0 Å². The van der Waals surface area contributed by atoms with Crippen molar-refractivity contribution in [2.75, 3.05) is 6.61 Å². The van der Waals surface area contributed by atoms with Crippen molar-refractivity contribution in [1.29, 1.82) is 0 Å². The van der Waals surface area contributed by atoms with Gasteiger partial charge in [-0.3, -0.25) is 9.36 Å². The smallest absolute Gasteiger partial charge is 0.327 e. The first-order valence-corrected chi connectivity index (χ1v) is 12.4. The predicted octanol–water partition coefficient (Wildman–Crippen LogP) is 3.67. The van der Waals surface area contributed by atoms with Gasteiger partial charge >= 0.3 is 11.7 Å². The average molecular weight is 457 g/mol. The lowest BCUT2D eigenvalue weighted by Gasteiger charge is -2.27. The quantitative estimate of drug-likeness (QED) is 0.432. The number of hydrogen-bond donors (Lipinski definition) is 1. The number of benzene rings is 2. The Bertz CT molecular complexity index is 1310. The molecule has 0 aliphatic heterocycles. The van der Waals surface area contributed by atoms with E-state index >= 15 is 0 Å². The molecule has 170 valence electrons. The summed E-state index contributed by atoms with van der Waals surface area (Å²) >= 11 is 0. The highest BCUT2D eigenvalue weighted by molar-refractivity contribution is 7.93. The van der Waals surface area contributed by atoms with Crippen molar-refractivity contribution in [2.45, 2.75) is 62.1 Å². The molecule has 0 saturated heterocycles. The summed E-state index contributed by atoms with van der Waals surface area (Å²) in [5.41, 5.74) is 3.19. The van der Waals surface area contributed by atoms with E-state index in [1.807, 2.05) is 38.1 Å². The third-order valence-electron chi connectivity index (χ3n) is 6.53. The lowest BCUT2D eigenvalue weighted by atomic mass is 10.1. The van der Waals surface area contributed by atoms with Crippen LogP contribution in [-0.4, -0.2) is 35.3 Å². The zero-order valence-corrected chi connectivity index (χ0v) is 19.2. The number of rotatable bonds is 7. The lowest BCUT2D eigenvalue weighted by molar-refractivity contribution is -0.146. The fourth-order valence-electron chi connectivity index (χ4n) is 4.48. The van der Waals surface area contributed by atoms with Gasteiger partial charge in [0.15, 0.2) is 14.6 Å². The van der Waals surface area contributed by atoms with Gasteiger partial charge in [0.25, 0.3) is 0 Å². The highest BCUT2D eigenvalue weighted by Gasteiger charge is 2.54. The number of H-pyrrole nitrogens is 1. The number of ether oxygens (including phenoxy) is 1. The summed E-state index contributed by atoms with van der Waals surface area (Å²) in [7, 11) is -3.89. The Morgan fingerprint density at radius 2 is 1.81 bits per heavy atom. The van der Waals surface area contributed by atoms with E-state index in [4.69, 9.17) is 4.74 Å². The summed E-state index contributed by atoms with van der Waals surface area (Å²) in [6.45, 7) is 4.20. The van der Waals surface area contributed by atoms with Gasteiger partial charge < -0.3 is 9.72 Å². The third-order valence-corrected chi connectivity index (χ3v) is 9.01. The molecule has 32 heavy (non-hydrogen) atoms. The van der Waals surface area contributed by atoms with Gasteiger partial charge in [-0.05, 0) is 68.5 Å². The number of imidazole rings is 1. The molecule has 0 bridgehead atoms. The fraction of sp³-hybridized carbons (Fsp3) is 0.417. The Balaban J connectivity index is 1.48. The van der Waals surface area contributed by atoms with Gasteiger partial charge in [0, 0.05) is 6.54 Å². The molecule has 2 aromatic carbocycles. The van der Waals surface area contributed by atoms with Crippen LogP contribution in [0.3, 0.4) is 0 Å². The van der Waals surface area contributed by atoms with Gasteiger partial charge in [-0.2, -0.15) is 0 Å². The first-order valence-electron chi connectivity index (χ1n) is 10.9. The summed E-state index contributed by atoms with van der Waals surface area (Å²) in [6.07, 6.45) is 2.28. The number of sulfone groups is 1. The highest BCUT2D eigenvalue weighted by Crippen LogP contribution is 2.41. The molecule has 1 saturated carbocycles. The SMILES string of the molecule is Cc1ccc(S(=O)(=O)C2(C(=O)OCCCn3c(=O)[nH]c4ccccc43)CCCC2)cc1C.